The van der Waals surface area contributed by atoms with Crippen molar-refractivity contribution in [3.63, 3.8) is 0 Å². The molecule has 0 saturated carbocycles. The van der Waals surface area contributed by atoms with Crippen molar-refractivity contribution in [2.75, 3.05) is 0 Å². The predicted octanol–water partition coefficient (Wildman–Crippen LogP) is 1.79. The molecule has 0 aliphatic heterocycles. The SMILES string of the molecule is NC(=S)NN=Cc1cc(F)c(F)c(Cl)c1. The lowest BCUT2D eigenvalue weighted by atomic mass is 10.2. The molecule has 0 unspecified atom stereocenters. The summed E-state index contributed by atoms with van der Waals surface area (Å²) >= 11 is 9.89. The molecule has 0 aliphatic rings. The van der Waals surface area contributed by atoms with Crippen LogP contribution in [0.2, 0.25) is 5.02 Å². The Morgan fingerprint density at radius 1 is 1.53 bits per heavy atom. The Labute approximate surface area is 94.9 Å². The molecule has 80 valence electrons. The van der Waals surface area contributed by atoms with Gasteiger partial charge in [0.15, 0.2) is 16.7 Å². The maximum atomic E-state index is 12.8. The Balaban J connectivity index is 2.87. The smallest absolute Gasteiger partial charge is 0.184 e. The highest BCUT2D eigenvalue weighted by Gasteiger charge is 2.07. The van der Waals surface area contributed by atoms with Crippen LogP contribution in [0.4, 0.5) is 8.78 Å². The molecule has 15 heavy (non-hydrogen) atoms. The summed E-state index contributed by atoms with van der Waals surface area (Å²) in [6.45, 7) is 0. The van der Waals surface area contributed by atoms with Crippen LogP contribution >= 0.6 is 23.8 Å². The van der Waals surface area contributed by atoms with E-state index in [1.54, 1.807) is 0 Å². The summed E-state index contributed by atoms with van der Waals surface area (Å²) in [5, 5.41) is 3.22. The number of hydrogen-bond acceptors (Lipinski definition) is 2. The first-order chi connectivity index (χ1) is 7.00. The number of halogens is 3. The minimum atomic E-state index is -1.09. The standard InChI is InChI=1S/C8H6ClF2N3S/c9-5-1-4(2-6(10)7(5)11)3-13-14-8(12)15/h1-3H,(H3,12,14,15). The Bertz CT molecular complexity index is 399. The lowest BCUT2D eigenvalue weighted by Crippen LogP contribution is -2.24. The second-order valence-electron chi connectivity index (χ2n) is 2.53. The topological polar surface area (TPSA) is 50.4 Å². The number of nitrogens with one attached hydrogen (secondary N) is 1. The van der Waals surface area contributed by atoms with Crippen LogP contribution in [-0.2, 0) is 0 Å². The summed E-state index contributed by atoms with van der Waals surface area (Å²) in [6, 6.07) is 2.18. The second kappa shape index (κ2) is 4.99. The predicted molar refractivity (Wildman–Crippen MR) is 58.9 cm³/mol. The first kappa shape index (κ1) is 11.8. The van der Waals surface area contributed by atoms with Crippen molar-refractivity contribution < 1.29 is 8.78 Å². The molecule has 7 heteroatoms. The van der Waals surface area contributed by atoms with Gasteiger partial charge < -0.3 is 5.73 Å². The van der Waals surface area contributed by atoms with Crippen LogP contribution in [0, 0.1) is 11.6 Å². The van der Waals surface area contributed by atoms with Crippen LogP contribution in [0.3, 0.4) is 0 Å². The molecular formula is C8H6ClF2N3S. The molecule has 0 spiro atoms. The number of rotatable bonds is 2. The van der Waals surface area contributed by atoms with Gasteiger partial charge in [0.25, 0.3) is 0 Å². The molecule has 1 aromatic rings. The summed E-state index contributed by atoms with van der Waals surface area (Å²) in [6.07, 6.45) is 1.22. The minimum Gasteiger partial charge on any atom is -0.375 e. The Hall–Kier alpha value is -1.27. The zero-order chi connectivity index (χ0) is 11.4. The second-order valence-corrected chi connectivity index (χ2v) is 3.38. The molecule has 3 N–H and O–H groups in total. The van der Waals surface area contributed by atoms with Crippen LogP contribution in [0.15, 0.2) is 17.2 Å². The molecular weight excluding hydrogens is 244 g/mol. The molecule has 0 fully saturated rings. The maximum absolute atomic E-state index is 12.8. The number of thiocarbonyl (C=S) groups is 1. The van der Waals surface area contributed by atoms with Gasteiger partial charge in [-0.1, -0.05) is 11.6 Å². The third-order valence-electron chi connectivity index (χ3n) is 1.39. The van der Waals surface area contributed by atoms with Crippen LogP contribution in [-0.4, -0.2) is 11.3 Å². The molecule has 0 saturated heterocycles. The van der Waals surface area contributed by atoms with Gasteiger partial charge >= 0.3 is 0 Å². The molecule has 1 rings (SSSR count). The van der Waals surface area contributed by atoms with Crippen molar-refractivity contribution >= 4 is 35.1 Å². The molecule has 0 aliphatic carbocycles. The van der Waals surface area contributed by atoms with E-state index in [0.29, 0.717) is 5.56 Å². The van der Waals surface area contributed by atoms with E-state index < -0.39 is 11.6 Å². The Morgan fingerprint density at radius 3 is 2.73 bits per heavy atom. The average molecular weight is 250 g/mol. The van der Waals surface area contributed by atoms with Crippen LogP contribution in [0.5, 0.6) is 0 Å². The monoisotopic (exact) mass is 249 g/mol. The largest absolute Gasteiger partial charge is 0.375 e. The van der Waals surface area contributed by atoms with Crippen molar-refractivity contribution in [2.45, 2.75) is 0 Å². The zero-order valence-electron chi connectivity index (χ0n) is 7.30. The van der Waals surface area contributed by atoms with Crippen molar-refractivity contribution in [3.05, 3.63) is 34.4 Å². The highest BCUT2D eigenvalue weighted by atomic mass is 35.5. The van der Waals surface area contributed by atoms with Crippen molar-refractivity contribution in [3.8, 4) is 0 Å². The fourth-order valence-corrected chi connectivity index (χ4v) is 1.09. The van der Waals surface area contributed by atoms with Gasteiger partial charge in [-0.15, -0.1) is 0 Å². The molecule has 0 atom stereocenters. The zero-order valence-corrected chi connectivity index (χ0v) is 8.87. The first-order valence-corrected chi connectivity index (χ1v) is 4.52. The Kier molecular flexibility index (Phi) is 3.93. The van der Waals surface area contributed by atoms with E-state index in [1.807, 2.05) is 0 Å². The number of nitrogens with zero attached hydrogens (tertiary/aromatic N) is 1. The summed E-state index contributed by atoms with van der Waals surface area (Å²) in [4.78, 5) is 0. The van der Waals surface area contributed by atoms with E-state index in [9.17, 15) is 8.78 Å². The number of benzene rings is 1. The highest BCUT2D eigenvalue weighted by Crippen LogP contribution is 2.18. The molecule has 0 amide bonds. The van der Waals surface area contributed by atoms with Crippen LogP contribution < -0.4 is 11.2 Å². The van der Waals surface area contributed by atoms with Gasteiger partial charge in [0.05, 0.1) is 11.2 Å². The normalized spacial score (nSPS) is 10.6. The lowest BCUT2D eigenvalue weighted by Gasteiger charge is -1.99. The summed E-state index contributed by atoms with van der Waals surface area (Å²) in [7, 11) is 0. The van der Waals surface area contributed by atoms with E-state index in [0.717, 1.165) is 6.07 Å². The third-order valence-corrected chi connectivity index (χ3v) is 1.76. The van der Waals surface area contributed by atoms with Gasteiger partial charge in [-0.25, -0.2) is 8.78 Å². The molecule has 0 heterocycles. The molecule has 1 aromatic carbocycles. The molecule has 0 radical (unpaired) electrons. The number of hydrogen-bond donors (Lipinski definition) is 2. The van der Waals surface area contributed by atoms with E-state index in [1.165, 1.54) is 12.3 Å². The fourth-order valence-electron chi connectivity index (χ4n) is 0.820. The van der Waals surface area contributed by atoms with Crippen molar-refractivity contribution in [1.29, 1.82) is 0 Å². The third kappa shape index (κ3) is 3.41. The summed E-state index contributed by atoms with van der Waals surface area (Å²) in [5.74, 6) is -2.13. The molecule has 0 bridgehead atoms. The van der Waals surface area contributed by atoms with E-state index in [2.05, 4.69) is 22.7 Å². The van der Waals surface area contributed by atoms with Gasteiger partial charge in [-0.3, -0.25) is 5.43 Å². The highest BCUT2D eigenvalue weighted by molar-refractivity contribution is 7.80. The minimum absolute atomic E-state index is 0.0278. The fraction of sp³-hybridized carbons (Fsp3) is 0. The van der Waals surface area contributed by atoms with Gasteiger partial charge in [0, 0.05) is 0 Å². The quantitative estimate of drug-likeness (QED) is 0.364. The summed E-state index contributed by atoms with van der Waals surface area (Å²) in [5.41, 5.74) is 7.65. The van der Waals surface area contributed by atoms with Crippen molar-refractivity contribution in [2.24, 2.45) is 10.8 Å². The lowest BCUT2D eigenvalue weighted by molar-refractivity contribution is 0.509. The van der Waals surface area contributed by atoms with Crippen molar-refractivity contribution in [1.82, 2.24) is 5.43 Å². The summed E-state index contributed by atoms with van der Waals surface area (Å²) < 4.78 is 25.6. The maximum Gasteiger partial charge on any atom is 0.184 e. The first-order valence-electron chi connectivity index (χ1n) is 3.73. The van der Waals surface area contributed by atoms with Gasteiger partial charge in [-0.05, 0) is 29.9 Å². The van der Waals surface area contributed by atoms with Gasteiger partial charge in [0.1, 0.15) is 0 Å². The van der Waals surface area contributed by atoms with E-state index >= 15 is 0 Å². The Morgan fingerprint density at radius 2 is 2.20 bits per heavy atom. The van der Waals surface area contributed by atoms with Gasteiger partial charge in [-0.2, -0.15) is 5.10 Å². The van der Waals surface area contributed by atoms with Crippen LogP contribution in [0.25, 0.3) is 0 Å². The molecule has 0 aromatic heterocycles. The molecule has 3 nitrogen and oxygen atoms in total. The van der Waals surface area contributed by atoms with Gasteiger partial charge in [0.2, 0.25) is 0 Å². The number of nitrogens with two attached hydrogens (primary N) is 1. The van der Waals surface area contributed by atoms with Crippen LogP contribution in [0.1, 0.15) is 5.56 Å². The van der Waals surface area contributed by atoms with E-state index in [4.69, 9.17) is 17.3 Å². The average Bonchev–Trinajstić information content (AvgIpc) is 2.13. The van der Waals surface area contributed by atoms with E-state index in [-0.39, 0.29) is 10.1 Å². The number of hydrazone groups is 1.